The summed E-state index contributed by atoms with van der Waals surface area (Å²) in [6, 6.07) is 5.01. The van der Waals surface area contributed by atoms with Gasteiger partial charge in [-0.3, -0.25) is 4.79 Å². The fraction of sp³-hybridized carbons (Fsp3) is 0.500. The van der Waals surface area contributed by atoms with E-state index in [1.807, 2.05) is 0 Å². The number of rotatable bonds is 2. The average Bonchev–Trinajstić information content (AvgIpc) is 2.41. The van der Waals surface area contributed by atoms with Crippen molar-refractivity contribution in [3.8, 4) is 0 Å². The normalized spacial score (nSPS) is 17.5. The molecule has 1 heterocycles. The van der Waals surface area contributed by atoms with Gasteiger partial charge in [0, 0.05) is 13.1 Å². The van der Waals surface area contributed by atoms with Crippen LogP contribution < -0.4 is 0 Å². The van der Waals surface area contributed by atoms with Crippen molar-refractivity contribution in [2.24, 2.45) is 0 Å². The molecule has 1 fully saturated rings. The molecule has 0 unspecified atom stereocenters. The number of hydrogen-bond donors (Lipinski definition) is 0. The van der Waals surface area contributed by atoms with Crippen LogP contribution in [0.2, 0.25) is 0 Å². The van der Waals surface area contributed by atoms with Crippen molar-refractivity contribution in [1.29, 1.82) is 0 Å². The average molecular weight is 329 g/mol. The predicted molar refractivity (Wildman–Crippen MR) is 76.7 cm³/mol. The Kier molecular flexibility index (Phi) is 4.58. The molecule has 0 atom stereocenters. The molecule has 0 radical (unpaired) electrons. The van der Waals surface area contributed by atoms with Crippen LogP contribution in [0.5, 0.6) is 0 Å². The molecule has 1 amide bonds. The lowest BCUT2D eigenvalue weighted by atomic mass is 10.0. The van der Waals surface area contributed by atoms with Gasteiger partial charge in [0.05, 0.1) is 10.0 Å². The molecule has 0 N–H and O–H groups in total. The molecule has 1 aromatic carbocycles. The van der Waals surface area contributed by atoms with Crippen molar-refractivity contribution >= 4 is 21.8 Å². The molecule has 0 aliphatic carbocycles. The molecule has 2 rings (SSSR count). The van der Waals surface area contributed by atoms with Crippen molar-refractivity contribution in [2.75, 3.05) is 27.2 Å². The molecule has 1 aromatic rings. The van der Waals surface area contributed by atoms with Crippen LogP contribution in [-0.4, -0.2) is 48.9 Å². The molecular weight excluding hydrogens is 311 g/mol. The smallest absolute Gasteiger partial charge is 0.256 e. The summed E-state index contributed by atoms with van der Waals surface area (Å²) in [4.78, 5) is 16.3. The first kappa shape index (κ1) is 14.5. The van der Waals surface area contributed by atoms with Crippen LogP contribution in [0.3, 0.4) is 0 Å². The molecule has 0 bridgehead atoms. The van der Waals surface area contributed by atoms with E-state index in [0.29, 0.717) is 4.47 Å². The van der Waals surface area contributed by atoms with Gasteiger partial charge >= 0.3 is 0 Å². The topological polar surface area (TPSA) is 23.6 Å². The molecule has 0 saturated carbocycles. The number of hydrogen-bond acceptors (Lipinski definition) is 2. The largest absolute Gasteiger partial charge is 0.339 e. The van der Waals surface area contributed by atoms with Gasteiger partial charge in [0.1, 0.15) is 5.82 Å². The molecule has 19 heavy (non-hydrogen) atoms. The standard InChI is InChI=1S/C14H18BrFN2O/c1-17-8-6-10(7-9-17)18(2)14(19)11-4-3-5-12(15)13(11)16/h3-5,10H,6-9H2,1-2H3. The third-order valence-corrected chi connectivity index (χ3v) is 4.35. The molecule has 3 nitrogen and oxygen atoms in total. The van der Waals surface area contributed by atoms with Gasteiger partial charge in [0.2, 0.25) is 0 Å². The summed E-state index contributed by atoms with van der Waals surface area (Å²) in [7, 11) is 3.84. The van der Waals surface area contributed by atoms with Gasteiger partial charge in [-0.15, -0.1) is 0 Å². The van der Waals surface area contributed by atoms with Crippen LogP contribution in [0.25, 0.3) is 0 Å². The van der Waals surface area contributed by atoms with Crippen LogP contribution >= 0.6 is 15.9 Å². The van der Waals surface area contributed by atoms with Crippen molar-refractivity contribution in [2.45, 2.75) is 18.9 Å². The van der Waals surface area contributed by atoms with Crippen LogP contribution in [0.4, 0.5) is 4.39 Å². The van der Waals surface area contributed by atoms with E-state index in [9.17, 15) is 9.18 Å². The third kappa shape index (κ3) is 3.15. The van der Waals surface area contributed by atoms with E-state index < -0.39 is 5.82 Å². The van der Waals surface area contributed by atoms with E-state index in [0.717, 1.165) is 25.9 Å². The Labute approximate surface area is 121 Å². The molecular formula is C14H18BrFN2O. The maximum atomic E-state index is 13.9. The maximum absolute atomic E-state index is 13.9. The lowest BCUT2D eigenvalue weighted by molar-refractivity contribution is 0.0655. The van der Waals surface area contributed by atoms with Gasteiger partial charge in [0.25, 0.3) is 5.91 Å². The van der Waals surface area contributed by atoms with Gasteiger partial charge in [-0.25, -0.2) is 4.39 Å². The second-order valence-corrected chi connectivity index (χ2v) is 5.91. The highest BCUT2D eigenvalue weighted by molar-refractivity contribution is 9.10. The fourth-order valence-corrected chi connectivity index (χ4v) is 2.77. The molecule has 1 aliphatic rings. The zero-order valence-corrected chi connectivity index (χ0v) is 12.8. The minimum Gasteiger partial charge on any atom is -0.339 e. The van der Waals surface area contributed by atoms with Gasteiger partial charge in [-0.2, -0.15) is 0 Å². The molecule has 104 valence electrons. The highest BCUT2D eigenvalue weighted by Gasteiger charge is 2.26. The second-order valence-electron chi connectivity index (χ2n) is 5.05. The van der Waals surface area contributed by atoms with Crippen molar-refractivity contribution in [3.05, 3.63) is 34.1 Å². The Morgan fingerprint density at radius 3 is 2.68 bits per heavy atom. The Hall–Kier alpha value is -0.940. The lowest BCUT2D eigenvalue weighted by Crippen LogP contribution is -2.44. The summed E-state index contributed by atoms with van der Waals surface area (Å²) in [5.41, 5.74) is 0.135. The van der Waals surface area contributed by atoms with Crippen molar-refractivity contribution < 1.29 is 9.18 Å². The van der Waals surface area contributed by atoms with E-state index in [1.54, 1.807) is 24.1 Å². The number of benzene rings is 1. The van der Waals surface area contributed by atoms with Crippen LogP contribution in [0.15, 0.2) is 22.7 Å². The Balaban J connectivity index is 2.13. The number of carbonyl (C=O) groups is 1. The number of carbonyl (C=O) groups excluding carboxylic acids is 1. The molecule has 0 aromatic heterocycles. The highest BCUT2D eigenvalue weighted by atomic mass is 79.9. The summed E-state index contributed by atoms with van der Waals surface area (Å²) >= 11 is 3.11. The summed E-state index contributed by atoms with van der Waals surface area (Å²) in [6.07, 6.45) is 1.88. The Morgan fingerprint density at radius 1 is 1.42 bits per heavy atom. The summed E-state index contributed by atoms with van der Waals surface area (Å²) < 4.78 is 14.3. The molecule has 5 heteroatoms. The molecule has 1 saturated heterocycles. The Morgan fingerprint density at radius 2 is 2.05 bits per heavy atom. The summed E-state index contributed by atoms with van der Waals surface area (Å²) in [5, 5.41) is 0. The Bertz CT molecular complexity index is 473. The van der Waals surface area contributed by atoms with Crippen molar-refractivity contribution in [1.82, 2.24) is 9.80 Å². The van der Waals surface area contributed by atoms with E-state index >= 15 is 0 Å². The quantitative estimate of drug-likeness (QED) is 0.833. The fourth-order valence-electron chi connectivity index (χ4n) is 2.41. The van der Waals surface area contributed by atoms with Crippen LogP contribution in [-0.2, 0) is 0 Å². The number of piperidine rings is 1. The number of nitrogens with zero attached hydrogens (tertiary/aromatic N) is 2. The van der Waals surface area contributed by atoms with Crippen LogP contribution in [0.1, 0.15) is 23.2 Å². The summed E-state index contributed by atoms with van der Waals surface area (Å²) in [6.45, 7) is 1.95. The van der Waals surface area contributed by atoms with Gasteiger partial charge in [-0.1, -0.05) is 6.07 Å². The third-order valence-electron chi connectivity index (χ3n) is 3.74. The molecule has 0 spiro atoms. The monoisotopic (exact) mass is 328 g/mol. The minimum atomic E-state index is -0.479. The summed E-state index contributed by atoms with van der Waals surface area (Å²) in [5.74, 6) is -0.722. The first-order valence-electron chi connectivity index (χ1n) is 6.40. The van der Waals surface area contributed by atoms with Crippen molar-refractivity contribution in [3.63, 3.8) is 0 Å². The SMILES string of the molecule is CN1CCC(N(C)C(=O)c2cccc(Br)c2F)CC1. The van der Waals surface area contributed by atoms with E-state index in [2.05, 4.69) is 27.9 Å². The lowest BCUT2D eigenvalue weighted by Gasteiger charge is -2.35. The zero-order chi connectivity index (χ0) is 14.0. The first-order chi connectivity index (χ1) is 9.00. The second kappa shape index (κ2) is 6.01. The van der Waals surface area contributed by atoms with E-state index in [4.69, 9.17) is 0 Å². The van der Waals surface area contributed by atoms with Crippen LogP contribution in [0, 0.1) is 5.82 Å². The molecule has 1 aliphatic heterocycles. The van der Waals surface area contributed by atoms with E-state index in [1.165, 1.54) is 6.07 Å². The predicted octanol–water partition coefficient (Wildman–Crippen LogP) is 2.75. The van der Waals surface area contributed by atoms with E-state index in [-0.39, 0.29) is 17.5 Å². The van der Waals surface area contributed by atoms with Gasteiger partial charge < -0.3 is 9.80 Å². The first-order valence-corrected chi connectivity index (χ1v) is 7.19. The van der Waals surface area contributed by atoms with Gasteiger partial charge in [0.15, 0.2) is 0 Å². The maximum Gasteiger partial charge on any atom is 0.256 e. The number of amides is 1. The van der Waals surface area contributed by atoms with Gasteiger partial charge in [-0.05, 0) is 61.0 Å². The zero-order valence-electron chi connectivity index (χ0n) is 11.2. The highest BCUT2D eigenvalue weighted by Crippen LogP contribution is 2.22. The minimum absolute atomic E-state index is 0.135. The number of halogens is 2. The number of likely N-dealkylation sites (tertiary alicyclic amines) is 1.